The molecule has 0 saturated carbocycles. The van der Waals surface area contributed by atoms with Gasteiger partial charge in [0, 0.05) is 12.4 Å². The molecule has 0 radical (unpaired) electrons. The van der Waals surface area contributed by atoms with E-state index in [9.17, 15) is 4.79 Å². The minimum Gasteiger partial charge on any atom is -0.396 e. The lowest BCUT2D eigenvalue weighted by molar-refractivity contribution is 0.0942. The summed E-state index contributed by atoms with van der Waals surface area (Å²) in [5.41, 5.74) is 8.93. The normalized spacial score (nSPS) is 10.3. The summed E-state index contributed by atoms with van der Waals surface area (Å²) in [5, 5.41) is 8.51. The predicted octanol–water partition coefficient (Wildman–Crippen LogP) is 0.389. The smallest absolute Gasteiger partial charge is 0.272 e. The zero-order chi connectivity index (χ0) is 11.5. The van der Waals surface area contributed by atoms with Crippen LogP contribution >= 0.6 is 11.3 Å². The van der Waals surface area contributed by atoms with Crippen molar-refractivity contribution in [3.8, 4) is 0 Å². The zero-order valence-corrected chi connectivity index (χ0v) is 9.49. The van der Waals surface area contributed by atoms with Gasteiger partial charge in [-0.25, -0.2) is 4.98 Å². The van der Waals surface area contributed by atoms with Crippen molar-refractivity contribution in [3.05, 3.63) is 28.5 Å². The van der Waals surface area contributed by atoms with Crippen molar-refractivity contribution in [3.63, 3.8) is 0 Å². The highest BCUT2D eigenvalue weighted by Gasteiger charge is 2.14. The van der Waals surface area contributed by atoms with Gasteiger partial charge in [-0.2, -0.15) is 5.10 Å². The number of carbonyl (C=O) groups excluding carboxylic acids is 1. The summed E-state index contributed by atoms with van der Waals surface area (Å²) in [6.07, 6.45) is 1.46. The Kier molecular flexibility index (Phi) is 2.86. The van der Waals surface area contributed by atoms with E-state index in [4.69, 9.17) is 5.73 Å². The summed E-state index contributed by atoms with van der Waals surface area (Å²) < 4.78 is 1.45. The molecule has 16 heavy (non-hydrogen) atoms. The molecular weight excluding hydrogens is 226 g/mol. The van der Waals surface area contributed by atoms with Gasteiger partial charge in [0.15, 0.2) is 0 Å². The SMILES string of the molecule is Cn1ncc(N)c1C(=O)NCc1cscn1. The van der Waals surface area contributed by atoms with Gasteiger partial charge < -0.3 is 11.1 Å². The lowest BCUT2D eigenvalue weighted by Gasteiger charge is -2.04. The Hall–Kier alpha value is -1.89. The molecule has 2 heterocycles. The van der Waals surface area contributed by atoms with Crippen LogP contribution in [0.15, 0.2) is 17.1 Å². The highest BCUT2D eigenvalue weighted by molar-refractivity contribution is 7.07. The molecule has 1 amide bonds. The molecule has 3 N–H and O–H groups in total. The lowest BCUT2D eigenvalue weighted by atomic mass is 10.3. The number of nitrogens with zero attached hydrogens (tertiary/aromatic N) is 3. The fourth-order valence-corrected chi connectivity index (χ4v) is 1.87. The number of nitrogens with one attached hydrogen (secondary N) is 1. The molecule has 0 aliphatic heterocycles. The summed E-state index contributed by atoms with van der Waals surface area (Å²) in [5.74, 6) is -0.245. The molecule has 0 spiro atoms. The second-order valence-corrected chi connectivity index (χ2v) is 3.95. The number of aromatic nitrogens is 3. The first-order valence-electron chi connectivity index (χ1n) is 4.61. The lowest BCUT2D eigenvalue weighted by Crippen LogP contribution is -2.26. The number of aryl methyl sites for hydroxylation is 1. The Balaban J connectivity index is 2.04. The maximum Gasteiger partial charge on any atom is 0.272 e. The Morgan fingerprint density at radius 1 is 1.69 bits per heavy atom. The van der Waals surface area contributed by atoms with Gasteiger partial charge in [0.1, 0.15) is 5.69 Å². The predicted molar refractivity (Wildman–Crippen MR) is 60.9 cm³/mol. The molecule has 0 aliphatic rings. The third-order valence-electron chi connectivity index (χ3n) is 2.10. The van der Waals surface area contributed by atoms with Crippen molar-refractivity contribution in [1.29, 1.82) is 0 Å². The van der Waals surface area contributed by atoms with Crippen LogP contribution in [0.25, 0.3) is 0 Å². The first-order valence-corrected chi connectivity index (χ1v) is 5.55. The number of rotatable bonds is 3. The van der Waals surface area contributed by atoms with E-state index < -0.39 is 0 Å². The van der Waals surface area contributed by atoms with Crippen LogP contribution in [0.3, 0.4) is 0 Å². The molecule has 0 fully saturated rings. The Labute approximate surface area is 96.1 Å². The van der Waals surface area contributed by atoms with Crippen molar-refractivity contribution in [2.24, 2.45) is 7.05 Å². The molecule has 84 valence electrons. The summed E-state index contributed by atoms with van der Waals surface area (Å²) in [7, 11) is 1.67. The van der Waals surface area contributed by atoms with Gasteiger partial charge in [-0.3, -0.25) is 9.48 Å². The highest BCUT2D eigenvalue weighted by atomic mass is 32.1. The minimum absolute atomic E-state index is 0.245. The average Bonchev–Trinajstić information content (AvgIpc) is 2.86. The molecule has 7 heteroatoms. The van der Waals surface area contributed by atoms with Crippen molar-refractivity contribution >= 4 is 22.9 Å². The topological polar surface area (TPSA) is 85.8 Å². The van der Waals surface area contributed by atoms with Crippen molar-refractivity contribution in [2.75, 3.05) is 5.73 Å². The first-order chi connectivity index (χ1) is 7.68. The van der Waals surface area contributed by atoms with Gasteiger partial charge in [0.05, 0.1) is 29.6 Å². The molecule has 0 atom stereocenters. The maximum atomic E-state index is 11.8. The summed E-state index contributed by atoms with van der Waals surface area (Å²) in [6, 6.07) is 0. The highest BCUT2D eigenvalue weighted by Crippen LogP contribution is 2.09. The van der Waals surface area contributed by atoms with Crippen LogP contribution in [0, 0.1) is 0 Å². The van der Waals surface area contributed by atoms with E-state index in [2.05, 4.69) is 15.4 Å². The molecule has 2 aromatic heterocycles. The van der Waals surface area contributed by atoms with Crippen LogP contribution < -0.4 is 11.1 Å². The van der Waals surface area contributed by atoms with Crippen molar-refractivity contribution in [1.82, 2.24) is 20.1 Å². The number of nitrogen functional groups attached to an aromatic ring is 1. The molecule has 0 saturated heterocycles. The zero-order valence-electron chi connectivity index (χ0n) is 8.67. The summed E-state index contributed by atoms with van der Waals surface area (Å²) in [6.45, 7) is 0.396. The van der Waals surface area contributed by atoms with E-state index >= 15 is 0 Å². The second-order valence-electron chi connectivity index (χ2n) is 3.23. The third kappa shape index (κ3) is 2.03. The van der Waals surface area contributed by atoms with Gasteiger partial charge in [-0.05, 0) is 0 Å². The second kappa shape index (κ2) is 4.31. The molecule has 2 rings (SSSR count). The van der Waals surface area contributed by atoms with Crippen LogP contribution in [0.2, 0.25) is 0 Å². The Morgan fingerprint density at radius 2 is 2.50 bits per heavy atom. The summed E-state index contributed by atoms with van der Waals surface area (Å²) >= 11 is 1.49. The van der Waals surface area contributed by atoms with Crippen LogP contribution in [-0.2, 0) is 13.6 Å². The molecule has 0 aliphatic carbocycles. The van der Waals surface area contributed by atoms with Gasteiger partial charge in [0.2, 0.25) is 0 Å². The van der Waals surface area contributed by atoms with Gasteiger partial charge in [0.25, 0.3) is 5.91 Å². The number of nitrogens with two attached hydrogens (primary N) is 1. The van der Waals surface area contributed by atoms with E-state index in [-0.39, 0.29) is 5.91 Å². The Bertz CT molecular complexity index is 470. The standard InChI is InChI=1S/C9H11N5OS/c1-14-8(7(10)3-13-14)9(15)11-2-6-4-16-5-12-6/h3-5H,2,10H2,1H3,(H,11,15). The van der Waals surface area contributed by atoms with Crippen LogP contribution in [0.5, 0.6) is 0 Å². The Morgan fingerprint density at radius 3 is 3.06 bits per heavy atom. The molecule has 0 aromatic carbocycles. The van der Waals surface area contributed by atoms with Gasteiger partial charge >= 0.3 is 0 Å². The number of hydrogen-bond donors (Lipinski definition) is 2. The molecule has 0 unspecified atom stereocenters. The molecule has 0 bridgehead atoms. The number of amides is 1. The molecule has 2 aromatic rings. The van der Waals surface area contributed by atoms with E-state index in [1.807, 2.05) is 5.38 Å². The molecule has 6 nitrogen and oxygen atoms in total. The monoisotopic (exact) mass is 237 g/mol. The first kappa shape index (κ1) is 10.6. The maximum absolute atomic E-state index is 11.8. The van der Waals surface area contributed by atoms with E-state index in [1.165, 1.54) is 22.2 Å². The van der Waals surface area contributed by atoms with E-state index in [1.54, 1.807) is 12.6 Å². The number of carbonyl (C=O) groups is 1. The fourth-order valence-electron chi connectivity index (χ4n) is 1.31. The minimum atomic E-state index is -0.245. The van der Waals surface area contributed by atoms with E-state index in [0.717, 1.165) is 5.69 Å². The fraction of sp³-hybridized carbons (Fsp3) is 0.222. The van der Waals surface area contributed by atoms with Crippen LogP contribution in [0.4, 0.5) is 5.69 Å². The van der Waals surface area contributed by atoms with Gasteiger partial charge in [-0.15, -0.1) is 11.3 Å². The van der Waals surface area contributed by atoms with E-state index in [0.29, 0.717) is 17.9 Å². The molecular formula is C9H11N5OS. The van der Waals surface area contributed by atoms with Crippen LogP contribution in [0.1, 0.15) is 16.2 Å². The van der Waals surface area contributed by atoms with Crippen LogP contribution in [-0.4, -0.2) is 20.7 Å². The average molecular weight is 237 g/mol. The summed E-state index contributed by atoms with van der Waals surface area (Å²) in [4.78, 5) is 15.8. The van der Waals surface area contributed by atoms with Gasteiger partial charge in [-0.1, -0.05) is 0 Å². The van der Waals surface area contributed by atoms with Crippen molar-refractivity contribution < 1.29 is 4.79 Å². The number of thiazole rings is 1. The number of anilines is 1. The quantitative estimate of drug-likeness (QED) is 0.808. The number of hydrogen-bond acceptors (Lipinski definition) is 5. The largest absolute Gasteiger partial charge is 0.396 e. The van der Waals surface area contributed by atoms with Crippen molar-refractivity contribution in [2.45, 2.75) is 6.54 Å². The third-order valence-corrected chi connectivity index (χ3v) is 2.73.